The highest BCUT2D eigenvalue weighted by molar-refractivity contribution is 5.97. The number of rotatable bonds is 4. The molecule has 112 valence electrons. The zero-order valence-corrected chi connectivity index (χ0v) is 12.9. The van der Waals surface area contributed by atoms with Gasteiger partial charge in [0.1, 0.15) is 0 Å². The van der Waals surface area contributed by atoms with E-state index in [0.717, 1.165) is 5.56 Å². The lowest BCUT2D eigenvalue weighted by Crippen LogP contribution is -2.39. The van der Waals surface area contributed by atoms with Crippen LogP contribution in [-0.4, -0.2) is 25.0 Å². The zero-order valence-electron chi connectivity index (χ0n) is 12.1. The maximum Gasteiger partial charge on any atom is 0.337 e. The number of carbonyl (C=O) groups is 2. The number of nitrogens with two attached hydrogens (primary N) is 1. The first-order chi connectivity index (χ1) is 8.86. The van der Waals surface area contributed by atoms with E-state index in [9.17, 15) is 9.59 Å². The Morgan fingerprint density at radius 2 is 1.90 bits per heavy atom. The quantitative estimate of drug-likeness (QED) is 0.835. The number of hydrogen-bond donors (Lipinski definition) is 2. The van der Waals surface area contributed by atoms with E-state index < -0.39 is 12.0 Å². The fraction of sp³-hybridized carbons (Fsp3) is 0.429. The standard InChI is InChI=1S/C14H20N2O3.ClH/c1-8(2)12(15)13(17)16-11-7-10(14(18)19-4)6-5-9(11)3;/h5-8,12H,15H2,1-4H3,(H,16,17);1H/t12-;/m1./s1. The molecule has 0 bridgehead atoms. The summed E-state index contributed by atoms with van der Waals surface area (Å²) in [5, 5.41) is 2.74. The number of methoxy groups -OCH3 is 1. The molecule has 0 saturated heterocycles. The van der Waals surface area contributed by atoms with Crippen molar-refractivity contribution in [2.45, 2.75) is 26.8 Å². The molecule has 0 aromatic heterocycles. The van der Waals surface area contributed by atoms with Crippen LogP contribution in [-0.2, 0) is 9.53 Å². The Labute approximate surface area is 125 Å². The van der Waals surface area contributed by atoms with Crippen LogP contribution in [0, 0.1) is 12.8 Å². The summed E-state index contributed by atoms with van der Waals surface area (Å²) in [7, 11) is 1.31. The van der Waals surface area contributed by atoms with Gasteiger partial charge in [0.2, 0.25) is 5.91 Å². The summed E-state index contributed by atoms with van der Waals surface area (Å²) in [6, 6.07) is 4.41. The van der Waals surface area contributed by atoms with Gasteiger partial charge in [-0.05, 0) is 30.5 Å². The first-order valence-electron chi connectivity index (χ1n) is 6.12. The summed E-state index contributed by atoms with van der Waals surface area (Å²) in [6.07, 6.45) is 0. The molecule has 1 aromatic carbocycles. The minimum atomic E-state index is -0.582. The van der Waals surface area contributed by atoms with Crippen molar-refractivity contribution in [2.75, 3.05) is 12.4 Å². The molecule has 1 amide bonds. The van der Waals surface area contributed by atoms with Crippen molar-refractivity contribution in [2.24, 2.45) is 11.7 Å². The average molecular weight is 301 g/mol. The van der Waals surface area contributed by atoms with Crippen LogP contribution in [0.3, 0.4) is 0 Å². The van der Waals surface area contributed by atoms with E-state index in [1.807, 2.05) is 20.8 Å². The van der Waals surface area contributed by atoms with Crippen molar-refractivity contribution in [3.05, 3.63) is 29.3 Å². The van der Waals surface area contributed by atoms with E-state index >= 15 is 0 Å². The molecule has 0 fully saturated rings. The summed E-state index contributed by atoms with van der Waals surface area (Å²) in [6.45, 7) is 5.60. The summed E-state index contributed by atoms with van der Waals surface area (Å²) in [5.74, 6) is -0.659. The molecule has 20 heavy (non-hydrogen) atoms. The molecule has 5 nitrogen and oxygen atoms in total. The molecule has 0 saturated carbocycles. The zero-order chi connectivity index (χ0) is 14.6. The first-order valence-corrected chi connectivity index (χ1v) is 6.12. The van der Waals surface area contributed by atoms with Gasteiger partial charge in [0, 0.05) is 5.69 Å². The molecule has 3 N–H and O–H groups in total. The predicted octanol–water partition coefficient (Wildman–Crippen LogP) is 2.13. The van der Waals surface area contributed by atoms with Gasteiger partial charge in [-0.2, -0.15) is 0 Å². The number of benzene rings is 1. The molecular weight excluding hydrogens is 280 g/mol. The number of carbonyl (C=O) groups excluding carboxylic acids is 2. The highest BCUT2D eigenvalue weighted by Crippen LogP contribution is 2.18. The Balaban J connectivity index is 0.00000361. The third kappa shape index (κ3) is 4.51. The van der Waals surface area contributed by atoms with Gasteiger partial charge in [-0.15, -0.1) is 12.4 Å². The van der Waals surface area contributed by atoms with E-state index in [-0.39, 0.29) is 24.2 Å². The number of halogens is 1. The molecule has 0 aliphatic rings. The smallest absolute Gasteiger partial charge is 0.337 e. The molecular formula is C14H21ClN2O3. The van der Waals surface area contributed by atoms with Gasteiger partial charge in [-0.1, -0.05) is 19.9 Å². The molecule has 1 aromatic rings. The van der Waals surface area contributed by atoms with Crippen LogP contribution < -0.4 is 11.1 Å². The van der Waals surface area contributed by atoms with Crippen molar-refractivity contribution < 1.29 is 14.3 Å². The van der Waals surface area contributed by atoms with Crippen LogP contribution in [0.5, 0.6) is 0 Å². The van der Waals surface area contributed by atoms with Gasteiger partial charge >= 0.3 is 5.97 Å². The predicted molar refractivity (Wildman–Crippen MR) is 81.2 cm³/mol. The summed E-state index contributed by atoms with van der Waals surface area (Å²) >= 11 is 0. The normalized spacial score (nSPS) is 11.5. The minimum Gasteiger partial charge on any atom is -0.465 e. The number of ether oxygens (including phenoxy) is 1. The average Bonchev–Trinajstić information content (AvgIpc) is 2.39. The van der Waals surface area contributed by atoms with E-state index in [0.29, 0.717) is 11.3 Å². The van der Waals surface area contributed by atoms with Gasteiger partial charge in [0.05, 0.1) is 18.7 Å². The number of nitrogens with one attached hydrogen (secondary N) is 1. The van der Waals surface area contributed by atoms with Crippen molar-refractivity contribution in [3.63, 3.8) is 0 Å². The molecule has 0 spiro atoms. The van der Waals surface area contributed by atoms with E-state index in [1.165, 1.54) is 7.11 Å². The fourth-order valence-electron chi connectivity index (χ4n) is 1.52. The largest absolute Gasteiger partial charge is 0.465 e. The van der Waals surface area contributed by atoms with Crippen molar-refractivity contribution in [1.82, 2.24) is 0 Å². The number of esters is 1. The fourth-order valence-corrected chi connectivity index (χ4v) is 1.52. The van der Waals surface area contributed by atoms with Crippen molar-refractivity contribution in [1.29, 1.82) is 0 Å². The highest BCUT2D eigenvalue weighted by Gasteiger charge is 2.18. The summed E-state index contributed by atoms with van der Waals surface area (Å²) in [4.78, 5) is 23.3. The number of hydrogen-bond acceptors (Lipinski definition) is 4. The Bertz CT molecular complexity index is 489. The van der Waals surface area contributed by atoms with Gasteiger partial charge in [-0.3, -0.25) is 4.79 Å². The Morgan fingerprint density at radius 3 is 2.40 bits per heavy atom. The summed E-state index contributed by atoms with van der Waals surface area (Å²) in [5.41, 5.74) is 7.60. The Kier molecular flexibility index (Phi) is 7.24. The molecule has 0 aliphatic carbocycles. The van der Waals surface area contributed by atoms with E-state index in [4.69, 9.17) is 5.73 Å². The number of amides is 1. The maximum absolute atomic E-state index is 11.9. The Morgan fingerprint density at radius 1 is 1.30 bits per heavy atom. The molecule has 0 radical (unpaired) electrons. The van der Waals surface area contributed by atoms with Crippen molar-refractivity contribution >= 4 is 30.0 Å². The lowest BCUT2D eigenvalue weighted by atomic mass is 10.0. The Hall–Kier alpha value is -1.59. The minimum absolute atomic E-state index is 0. The van der Waals surface area contributed by atoms with Crippen LogP contribution in [0.15, 0.2) is 18.2 Å². The van der Waals surface area contributed by atoms with Crippen LogP contribution in [0.4, 0.5) is 5.69 Å². The van der Waals surface area contributed by atoms with Crippen molar-refractivity contribution in [3.8, 4) is 0 Å². The molecule has 0 heterocycles. The van der Waals surface area contributed by atoms with Gasteiger partial charge in [0.25, 0.3) is 0 Å². The van der Waals surface area contributed by atoms with Crippen LogP contribution >= 0.6 is 12.4 Å². The SMILES string of the molecule is COC(=O)c1ccc(C)c(NC(=O)[C@H](N)C(C)C)c1.Cl. The second-order valence-electron chi connectivity index (χ2n) is 4.78. The third-order valence-electron chi connectivity index (χ3n) is 2.94. The van der Waals surface area contributed by atoms with Gasteiger partial charge < -0.3 is 15.8 Å². The second kappa shape index (κ2) is 7.87. The summed E-state index contributed by atoms with van der Waals surface area (Å²) < 4.78 is 4.65. The molecule has 6 heteroatoms. The van der Waals surface area contributed by atoms with Crippen LogP contribution in [0.2, 0.25) is 0 Å². The highest BCUT2D eigenvalue weighted by atomic mass is 35.5. The molecule has 0 aliphatic heterocycles. The number of aryl methyl sites for hydroxylation is 1. The first kappa shape index (κ1) is 18.4. The lowest BCUT2D eigenvalue weighted by molar-refractivity contribution is -0.118. The van der Waals surface area contributed by atoms with Crippen LogP contribution in [0.25, 0.3) is 0 Å². The molecule has 0 unspecified atom stereocenters. The van der Waals surface area contributed by atoms with E-state index in [1.54, 1.807) is 18.2 Å². The van der Waals surface area contributed by atoms with Crippen LogP contribution in [0.1, 0.15) is 29.8 Å². The van der Waals surface area contributed by atoms with Gasteiger partial charge in [-0.25, -0.2) is 4.79 Å². The van der Waals surface area contributed by atoms with E-state index in [2.05, 4.69) is 10.1 Å². The monoisotopic (exact) mass is 300 g/mol. The molecule has 1 rings (SSSR count). The lowest BCUT2D eigenvalue weighted by Gasteiger charge is -2.16. The topological polar surface area (TPSA) is 81.4 Å². The van der Waals surface area contributed by atoms with Gasteiger partial charge in [0.15, 0.2) is 0 Å². The molecule has 1 atom stereocenters. The second-order valence-corrected chi connectivity index (χ2v) is 4.78. The maximum atomic E-state index is 11.9. The number of anilines is 1. The third-order valence-corrected chi connectivity index (χ3v) is 2.94.